The van der Waals surface area contributed by atoms with Crippen LogP contribution >= 0.6 is 11.3 Å². The van der Waals surface area contributed by atoms with Crippen LogP contribution in [0.15, 0.2) is 0 Å². The van der Waals surface area contributed by atoms with Crippen molar-refractivity contribution in [1.29, 1.82) is 0 Å². The SMILES string of the molecule is Cc1c(C(C)C)sc(N(C)C=O)c1C(=O)N(C)C. The molecule has 1 heterocycles. The van der Waals surface area contributed by atoms with Gasteiger partial charge in [0.25, 0.3) is 5.91 Å². The molecule has 5 heteroatoms. The number of hydrogen-bond donors (Lipinski definition) is 0. The van der Waals surface area contributed by atoms with Crippen LogP contribution in [0.5, 0.6) is 0 Å². The van der Waals surface area contributed by atoms with Crippen LogP contribution in [0.25, 0.3) is 0 Å². The lowest BCUT2D eigenvalue weighted by atomic mass is 10.0. The number of hydrogen-bond acceptors (Lipinski definition) is 3. The molecule has 0 radical (unpaired) electrons. The van der Waals surface area contributed by atoms with Gasteiger partial charge in [-0.25, -0.2) is 0 Å². The number of thiophene rings is 1. The largest absolute Gasteiger partial charge is 0.345 e. The van der Waals surface area contributed by atoms with Gasteiger partial charge in [0.15, 0.2) is 0 Å². The average molecular weight is 268 g/mol. The molecule has 1 aromatic heterocycles. The molecule has 0 aliphatic carbocycles. The van der Waals surface area contributed by atoms with E-state index in [0.717, 1.165) is 21.9 Å². The summed E-state index contributed by atoms with van der Waals surface area (Å²) < 4.78 is 0. The molecule has 0 bridgehead atoms. The Hall–Kier alpha value is -1.36. The molecule has 1 aromatic rings. The maximum atomic E-state index is 12.2. The number of rotatable bonds is 4. The highest BCUT2D eigenvalue weighted by Crippen LogP contribution is 2.39. The standard InChI is InChI=1S/C13H20N2O2S/c1-8(2)11-9(3)10(12(17)14(4)5)13(18-11)15(6)7-16/h7-8H,1-6H3. The first kappa shape index (κ1) is 14.7. The van der Waals surface area contributed by atoms with Crippen LogP contribution in [0.4, 0.5) is 5.00 Å². The minimum absolute atomic E-state index is 0.0562. The molecule has 2 amide bonds. The lowest BCUT2D eigenvalue weighted by Gasteiger charge is -2.15. The zero-order valence-electron chi connectivity index (χ0n) is 11.8. The Morgan fingerprint density at radius 2 is 1.83 bits per heavy atom. The Morgan fingerprint density at radius 1 is 1.28 bits per heavy atom. The van der Waals surface area contributed by atoms with Crippen molar-refractivity contribution in [3.8, 4) is 0 Å². The van der Waals surface area contributed by atoms with Crippen molar-refractivity contribution in [3.05, 3.63) is 16.0 Å². The molecule has 100 valence electrons. The second-order valence-electron chi connectivity index (χ2n) is 4.84. The van der Waals surface area contributed by atoms with Gasteiger partial charge >= 0.3 is 0 Å². The lowest BCUT2D eigenvalue weighted by Crippen LogP contribution is -2.25. The second kappa shape index (κ2) is 5.52. The Kier molecular flexibility index (Phi) is 4.51. The minimum atomic E-state index is -0.0562. The first-order chi connectivity index (χ1) is 8.31. The first-order valence-corrected chi connectivity index (χ1v) is 6.66. The van der Waals surface area contributed by atoms with Crippen molar-refractivity contribution in [2.45, 2.75) is 26.7 Å². The van der Waals surface area contributed by atoms with Crippen LogP contribution < -0.4 is 4.90 Å². The normalized spacial score (nSPS) is 10.6. The van der Waals surface area contributed by atoms with Crippen LogP contribution in [-0.2, 0) is 4.79 Å². The van der Waals surface area contributed by atoms with E-state index in [2.05, 4.69) is 13.8 Å². The van der Waals surface area contributed by atoms with Crippen molar-refractivity contribution in [3.63, 3.8) is 0 Å². The van der Waals surface area contributed by atoms with Gasteiger partial charge in [-0.2, -0.15) is 0 Å². The quantitative estimate of drug-likeness (QED) is 0.787. The smallest absolute Gasteiger partial charge is 0.256 e. The Labute approximate surface area is 112 Å². The van der Waals surface area contributed by atoms with Crippen LogP contribution in [0, 0.1) is 6.92 Å². The fraction of sp³-hybridized carbons (Fsp3) is 0.538. The molecule has 0 saturated carbocycles. The van der Waals surface area contributed by atoms with E-state index >= 15 is 0 Å². The molecular formula is C13H20N2O2S. The fourth-order valence-corrected chi connectivity index (χ4v) is 3.07. The molecule has 0 saturated heterocycles. The molecule has 0 aliphatic heterocycles. The van der Waals surface area contributed by atoms with Crippen molar-refractivity contribution in [2.24, 2.45) is 0 Å². The number of carbonyl (C=O) groups excluding carboxylic acids is 2. The van der Waals surface area contributed by atoms with Crippen LogP contribution in [-0.4, -0.2) is 38.4 Å². The van der Waals surface area contributed by atoms with E-state index < -0.39 is 0 Å². The van der Waals surface area contributed by atoms with Crippen molar-refractivity contribution < 1.29 is 9.59 Å². The van der Waals surface area contributed by atoms with E-state index in [1.165, 1.54) is 16.2 Å². The van der Waals surface area contributed by atoms with E-state index in [-0.39, 0.29) is 5.91 Å². The summed E-state index contributed by atoms with van der Waals surface area (Å²) in [5, 5.41) is 0.727. The van der Waals surface area contributed by atoms with Gasteiger partial charge in [-0.05, 0) is 18.4 Å². The van der Waals surface area contributed by atoms with E-state index in [1.54, 1.807) is 26.0 Å². The highest BCUT2D eigenvalue weighted by Gasteiger charge is 2.25. The maximum absolute atomic E-state index is 12.2. The van der Waals surface area contributed by atoms with E-state index in [4.69, 9.17) is 0 Å². The van der Waals surface area contributed by atoms with E-state index in [9.17, 15) is 9.59 Å². The van der Waals surface area contributed by atoms with Crippen LogP contribution in [0.2, 0.25) is 0 Å². The first-order valence-electron chi connectivity index (χ1n) is 5.84. The summed E-state index contributed by atoms with van der Waals surface area (Å²) in [5.41, 5.74) is 1.63. The van der Waals surface area contributed by atoms with Gasteiger partial charge in [0.05, 0.1) is 5.56 Å². The molecule has 0 spiro atoms. The summed E-state index contributed by atoms with van der Waals surface area (Å²) >= 11 is 1.52. The van der Waals surface area contributed by atoms with Crippen LogP contribution in [0.3, 0.4) is 0 Å². The second-order valence-corrected chi connectivity index (χ2v) is 5.87. The summed E-state index contributed by atoms with van der Waals surface area (Å²) in [7, 11) is 5.12. The average Bonchev–Trinajstić information content (AvgIpc) is 2.64. The van der Waals surface area contributed by atoms with Crippen LogP contribution in [0.1, 0.15) is 40.6 Å². The monoisotopic (exact) mass is 268 g/mol. The third kappa shape index (κ3) is 2.56. The number of amides is 2. The molecule has 0 unspecified atom stereocenters. The van der Waals surface area contributed by atoms with Gasteiger partial charge < -0.3 is 9.80 Å². The molecule has 18 heavy (non-hydrogen) atoms. The third-order valence-electron chi connectivity index (χ3n) is 2.79. The highest BCUT2D eigenvalue weighted by molar-refractivity contribution is 7.17. The predicted molar refractivity (Wildman–Crippen MR) is 75.6 cm³/mol. The molecule has 1 rings (SSSR count). The zero-order valence-corrected chi connectivity index (χ0v) is 12.6. The molecular weight excluding hydrogens is 248 g/mol. The van der Waals surface area contributed by atoms with Gasteiger partial charge in [0.2, 0.25) is 6.41 Å². The van der Waals surface area contributed by atoms with E-state index in [0.29, 0.717) is 11.5 Å². The van der Waals surface area contributed by atoms with Crippen molar-refractivity contribution in [1.82, 2.24) is 4.90 Å². The fourth-order valence-electron chi connectivity index (χ4n) is 1.84. The van der Waals surface area contributed by atoms with Gasteiger partial charge in [-0.3, -0.25) is 9.59 Å². The van der Waals surface area contributed by atoms with E-state index in [1.807, 2.05) is 6.92 Å². The summed E-state index contributed by atoms with van der Waals surface area (Å²) in [5.74, 6) is 0.289. The summed E-state index contributed by atoms with van der Waals surface area (Å²) in [6.07, 6.45) is 0.738. The Bertz CT molecular complexity index is 464. The lowest BCUT2D eigenvalue weighted by molar-refractivity contribution is -0.107. The number of nitrogens with zero attached hydrogens (tertiary/aromatic N) is 2. The number of carbonyl (C=O) groups is 2. The van der Waals surface area contributed by atoms with Crippen molar-refractivity contribution >= 4 is 28.7 Å². The van der Waals surface area contributed by atoms with Gasteiger partial charge in [-0.1, -0.05) is 13.8 Å². The van der Waals surface area contributed by atoms with Gasteiger partial charge in [-0.15, -0.1) is 11.3 Å². The topological polar surface area (TPSA) is 40.6 Å². The Morgan fingerprint density at radius 3 is 2.22 bits per heavy atom. The minimum Gasteiger partial charge on any atom is -0.345 e. The third-order valence-corrected chi connectivity index (χ3v) is 4.47. The predicted octanol–water partition coefficient (Wildman–Crippen LogP) is 2.47. The Balaban J connectivity index is 3.45. The summed E-state index contributed by atoms with van der Waals surface area (Å²) in [4.78, 5) is 27.4. The molecule has 0 atom stereocenters. The maximum Gasteiger partial charge on any atom is 0.256 e. The van der Waals surface area contributed by atoms with Gasteiger partial charge in [0, 0.05) is 26.0 Å². The van der Waals surface area contributed by atoms with Crippen molar-refractivity contribution in [2.75, 3.05) is 26.0 Å². The molecule has 0 aromatic carbocycles. The highest BCUT2D eigenvalue weighted by atomic mass is 32.1. The molecule has 4 nitrogen and oxygen atoms in total. The molecule has 0 aliphatic rings. The van der Waals surface area contributed by atoms with Gasteiger partial charge in [0.1, 0.15) is 5.00 Å². The number of anilines is 1. The summed E-state index contributed by atoms with van der Waals surface area (Å²) in [6, 6.07) is 0. The summed E-state index contributed by atoms with van der Waals surface area (Å²) in [6.45, 7) is 6.13. The molecule has 0 fully saturated rings. The zero-order chi connectivity index (χ0) is 14.0. The molecule has 0 N–H and O–H groups in total.